The van der Waals surface area contributed by atoms with E-state index in [4.69, 9.17) is 27.3 Å². The number of oxime groups is 1. The van der Waals surface area contributed by atoms with Gasteiger partial charge in [-0.1, -0.05) is 22.8 Å². The van der Waals surface area contributed by atoms with Gasteiger partial charge in [-0.2, -0.15) is 0 Å². The molecule has 5 nitrogen and oxygen atoms in total. The van der Waals surface area contributed by atoms with E-state index < -0.39 is 0 Å². The number of hydrogen-bond donors (Lipinski definition) is 2. The number of aromatic nitrogens is 1. The number of halogens is 2. The Labute approximate surface area is 129 Å². The molecule has 0 aliphatic rings. The average Bonchev–Trinajstić information content (AvgIpc) is 2.46. The van der Waals surface area contributed by atoms with Crippen LogP contribution >= 0.6 is 27.5 Å². The van der Waals surface area contributed by atoms with Crippen molar-refractivity contribution in [3.05, 3.63) is 57.3 Å². The first kappa shape index (κ1) is 14.6. The van der Waals surface area contributed by atoms with E-state index in [2.05, 4.69) is 26.1 Å². The molecule has 1 aromatic carbocycles. The number of pyridine rings is 1. The Kier molecular flexibility index (Phi) is 4.81. The third-order valence-electron chi connectivity index (χ3n) is 2.52. The lowest BCUT2D eigenvalue weighted by Crippen LogP contribution is -2.18. The zero-order chi connectivity index (χ0) is 14.5. The maximum Gasteiger partial charge on any atom is 0.189 e. The molecule has 1 aromatic heterocycles. The fourth-order valence-electron chi connectivity index (χ4n) is 1.58. The van der Waals surface area contributed by atoms with Gasteiger partial charge in [-0.3, -0.25) is 4.98 Å². The van der Waals surface area contributed by atoms with E-state index in [9.17, 15) is 0 Å². The summed E-state index contributed by atoms with van der Waals surface area (Å²) < 4.78 is 6.42. The summed E-state index contributed by atoms with van der Waals surface area (Å²) in [6.45, 7) is 0.236. The first-order valence-corrected chi connectivity index (χ1v) is 6.78. The molecule has 7 heteroatoms. The molecular formula is C13H11BrClN3O2. The Morgan fingerprint density at radius 2 is 2.25 bits per heavy atom. The number of benzene rings is 1. The highest BCUT2D eigenvalue weighted by molar-refractivity contribution is 9.10. The number of nitrogens with zero attached hydrogens (tertiary/aromatic N) is 2. The molecule has 0 aliphatic heterocycles. The van der Waals surface area contributed by atoms with Crippen molar-refractivity contribution in [1.29, 1.82) is 0 Å². The van der Waals surface area contributed by atoms with Crippen molar-refractivity contribution < 1.29 is 9.94 Å². The molecule has 0 saturated heterocycles. The largest absolute Gasteiger partial charge is 0.488 e. The monoisotopic (exact) mass is 355 g/mol. The summed E-state index contributed by atoms with van der Waals surface area (Å²) in [5.41, 5.74) is 6.67. The van der Waals surface area contributed by atoms with Crippen molar-refractivity contribution in [2.45, 2.75) is 6.61 Å². The highest BCUT2D eigenvalue weighted by Gasteiger charge is 2.10. The maximum absolute atomic E-state index is 8.73. The number of amidine groups is 1. The fourth-order valence-corrected chi connectivity index (χ4v) is 2.38. The molecule has 1 heterocycles. The summed E-state index contributed by atoms with van der Waals surface area (Å²) in [4.78, 5) is 4.07. The summed E-state index contributed by atoms with van der Waals surface area (Å²) in [6.07, 6.45) is 1.56. The summed E-state index contributed by atoms with van der Waals surface area (Å²) in [5.74, 6) is 0.586. The second-order valence-corrected chi connectivity index (χ2v) is 5.15. The number of nitrogens with two attached hydrogens (primary N) is 1. The van der Waals surface area contributed by atoms with Gasteiger partial charge in [0.05, 0.1) is 4.47 Å². The van der Waals surface area contributed by atoms with Gasteiger partial charge < -0.3 is 15.7 Å². The first-order valence-electron chi connectivity index (χ1n) is 5.61. The molecule has 0 spiro atoms. The summed E-state index contributed by atoms with van der Waals surface area (Å²) >= 11 is 9.23. The van der Waals surface area contributed by atoms with Crippen LogP contribution in [0.4, 0.5) is 0 Å². The highest BCUT2D eigenvalue weighted by atomic mass is 79.9. The number of hydrogen-bond acceptors (Lipinski definition) is 4. The molecule has 0 bridgehead atoms. The molecule has 0 atom stereocenters. The Morgan fingerprint density at radius 1 is 1.45 bits per heavy atom. The molecule has 0 amide bonds. The molecule has 0 radical (unpaired) electrons. The molecular weight excluding hydrogens is 346 g/mol. The molecule has 104 valence electrons. The van der Waals surface area contributed by atoms with Gasteiger partial charge in [0, 0.05) is 16.8 Å². The average molecular weight is 357 g/mol. The van der Waals surface area contributed by atoms with Crippen molar-refractivity contribution in [3.8, 4) is 5.75 Å². The second kappa shape index (κ2) is 6.58. The summed E-state index contributed by atoms with van der Waals surface area (Å²) in [5, 5.41) is 12.3. The van der Waals surface area contributed by atoms with Crippen LogP contribution in [0.1, 0.15) is 11.3 Å². The van der Waals surface area contributed by atoms with Crippen LogP contribution in [-0.2, 0) is 6.61 Å². The van der Waals surface area contributed by atoms with Crippen LogP contribution in [0.25, 0.3) is 0 Å². The van der Waals surface area contributed by atoms with Gasteiger partial charge in [0.2, 0.25) is 0 Å². The van der Waals surface area contributed by atoms with Crippen LogP contribution in [0.5, 0.6) is 5.75 Å². The molecule has 0 aliphatic carbocycles. The lowest BCUT2D eigenvalue weighted by Gasteiger charge is -2.10. The quantitative estimate of drug-likeness (QED) is 0.381. The molecule has 2 aromatic rings. The Balaban J connectivity index is 2.19. The van der Waals surface area contributed by atoms with Crippen LogP contribution in [0.3, 0.4) is 0 Å². The molecule has 0 fully saturated rings. The lowest BCUT2D eigenvalue weighted by molar-refractivity contribution is 0.302. The van der Waals surface area contributed by atoms with E-state index in [1.807, 2.05) is 0 Å². The minimum absolute atomic E-state index is 0.0561. The smallest absolute Gasteiger partial charge is 0.189 e. The van der Waals surface area contributed by atoms with E-state index in [0.29, 0.717) is 22.0 Å². The Bertz CT molecular complexity index is 649. The van der Waals surface area contributed by atoms with Gasteiger partial charge in [-0.25, -0.2) is 0 Å². The van der Waals surface area contributed by atoms with Gasteiger partial charge in [-0.05, 0) is 40.2 Å². The van der Waals surface area contributed by atoms with Crippen molar-refractivity contribution in [2.75, 3.05) is 0 Å². The topological polar surface area (TPSA) is 80.7 Å². The van der Waals surface area contributed by atoms with Crippen molar-refractivity contribution >= 4 is 33.4 Å². The van der Waals surface area contributed by atoms with E-state index in [1.54, 1.807) is 36.5 Å². The minimum Gasteiger partial charge on any atom is -0.488 e. The SMILES string of the molecule is NC(=NO)c1ncccc1COc1ccc(Cl)cc1Br. The molecule has 20 heavy (non-hydrogen) atoms. The zero-order valence-corrected chi connectivity index (χ0v) is 12.6. The van der Waals surface area contributed by atoms with Crippen molar-refractivity contribution in [2.24, 2.45) is 10.9 Å². The number of rotatable bonds is 4. The third-order valence-corrected chi connectivity index (χ3v) is 3.37. The van der Waals surface area contributed by atoms with Crippen LogP contribution in [0.15, 0.2) is 46.2 Å². The standard InChI is InChI=1S/C13H11BrClN3O2/c14-10-6-9(15)3-4-11(10)20-7-8-2-1-5-17-12(8)13(16)18-19/h1-6,19H,7H2,(H2,16,18). The van der Waals surface area contributed by atoms with E-state index in [1.165, 1.54) is 0 Å². The van der Waals surface area contributed by atoms with Crippen molar-refractivity contribution in [3.63, 3.8) is 0 Å². The maximum atomic E-state index is 8.73. The zero-order valence-electron chi connectivity index (χ0n) is 10.3. The highest BCUT2D eigenvalue weighted by Crippen LogP contribution is 2.28. The van der Waals surface area contributed by atoms with Crippen LogP contribution < -0.4 is 10.5 Å². The molecule has 0 unspecified atom stereocenters. The Morgan fingerprint density at radius 3 is 2.95 bits per heavy atom. The minimum atomic E-state index is -0.0561. The molecule has 0 saturated carbocycles. The van der Waals surface area contributed by atoms with Crippen LogP contribution in [0.2, 0.25) is 5.02 Å². The van der Waals surface area contributed by atoms with E-state index in [-0.39, 0.29) is 12.4 Å². The van der Waals surface area contributed by atoms with Gasteiger partial charge in [-0.15, -0.1) is 0 Å². The Hall–Kier alpha value is -1.79. The van der Waals surface area contributed by atoms with E-state index >= 15 is 0 Å². The molecule has 3 N–H and O–H groups in total. The molecule has 2 rings (SSSR count). The van der Waals surface area contributed by atoms with Gasteiger partial charge in [0.15, 0.2) is 5.84 Å². The lowest BCUT2D eigenvalue weighted by atomic mass is 10.2. The third kappa shape index (κ3) is 3.40. The summed E-state index contributed by atoms with van der Waals surface area (Å²) in [7, 11) is 0. The van der Waals surface area contributed by atoms with Crippen molar-refractivity contribution in [1.82, 2.24) is 4.98 Å². The second-order valence-electron chi connectivity index (χ2n) is 3.86. The van der Waals surface area contributed by atoms with E-state index in [0.717, 1.165) is 4.47 Å². The summed E-state index contributed by atoms with van der Waals surface area (Å²) in [6, 6.07) is 8.78. The predicted octanol–water partition coefficient (Wildman–Crippen LogP) is 3.17. The van der Waals surface area contributed by atoms with Gasteiger partial charge in [0.1, 0.15) is 18.1 Å². The van der Waals surface area contributed by atoms with Crippen LogP contribution in [0, 0.1) is 0 Å². The first-order chi connectivity index (χ1) is 9.61. The van der Waals surface area contributed by atoms with Gasteiger partial charge in [0.25, 0.3) is 0 Å². The van der Waals surface area contributed by atoms with Gasteiger partial charge >= 0.3 is 0 Å². The number of ether oxygens (including phenoxy) is 1. The van der Waals surface area contributed by atoms with Crippen LogP contribution in [-0.4, -0.2) is 16.0 Å². The normalized spacial score (nSPS) is 11.4. The predicted molar refractivity (Wildman–Crippen MR) is 80.2 cm³/mol. The fraction of sp³-hybridized carbons (Fsp3) is 0.0769.